The fraction of sp³-hybridized carbons (Fsp3) is 0.412. The van der Waals surface area contributed by atoms with Crippen LogP contribution in [0.25, 0.3) is 0 Å². The summed E-state index contributed by atoms with van der Waals surface area (Å²) < 4.78 is 0. The van der Waals surface area contributed by atoms with Crippen LogP contribution >= 0.6 is 0 Å². The van der Waals surface area contributed by atoms with Crippen molar-refractivity contribution < 1.29 is 4.79 Å². The molecule has 1 fully saturated rings. The maximum absolute atomic E-state index is 12.1. The summed E-state index contributed by atoms with van der Waals surface area (Å²) in [4.78, 5) is 12.1. The normalized spacial score (nSPS) is 16.8. The molecule has 1 saturated carbocycles. The minimum atomic E-state index is 0.0129. The van der Waals surface area contributed by atoms with Crippen molar-refractivity contribution >= 4 is 11.7 Å². The molecule has 1 aromatic carbocycles. The second-order valence-corrected chi connectivity index (χ2v) is 6.16. The molecule has 2 aliphatic carbocycles. The minimum Gasteiger partial charge on any atom is -0.311 e. The molecular weight excluding hydrogens is 262 g/mol. The monoisotopic (exact) mass is 281 g/mol. The third kappa shape index (κ3) is 2.71. The third-order valence-electron chi connectivity index (χ3n) is 4.39. The number of aryl methyl sites for hydroxylation is 2. The summed E-state index contributed by atoms with van der Waals surface area (Å²) in [6.45, 7) is 0. The quantitative estimate of drug-likeness (QED) is 0.905. The van der Waals surface area contributed by atoms with E-state index >= 15 is 0 Å². The summed E-state index contributed by atoms with van der Waals surface area (Å²) in [6.07, 6.45) is 6.42. The molecule has 0 atom stereocenters. The van der Waals surface area contributed by atoms with Crippen LogP contribution in [0.5, 0.6) is 0 Å². The van der Waals surface area contributed by atoms with Crippen LogP contribution < -0.4 is 5.32 Å². The zero-order chi connectivity index (χ0) is 14.2. The molecule has 2 aliphatic rings. The number of amides is 1. The Kier molecular flexibility index (Phi) is 3.02. The Balaban J connectivity index is 1.40. The molecule has 1 heterocycles. The van der Waals surface area contributed by atoms with E-state index in [-0.39, 0.29) is 5.91 Å². The number of nitrogens with one attached hydrogen (secondary N) is 2. The van der Waals surface area contributed by atoms with Crippen LogP contribution in [0.2, 0.25) is 0 Å². The molecule has 4 rings (SSSR count). The summed E-state index contributed by atoms with van der Waals surface area (Å²) in [6, 6.07) is 8.39. The second-order valence-electron chi connectivity index (χ2n) is 6.16. The highest BCUT2D eigenvalue weighted by Crippen LogP contribution is 2.39. The number of H-pyrrole nitrogens is 1. The van der Waals surface area contributed by atoms with Gasteiger partial charge in [0.05, 0.1) is 12.1 Å². The van der Waals surface area contributed by atoms with Gasteiger partial charge < -0.3 is 5.32 Å². The van der Waals surface area contributed by atoms with E-state index in [1.54, 1.807) is 0 Å². The maximum Gasteiger partial charge on any atom is 0.229 e. The van der Waals surface area contributed by atoms with Crippen LogP contribution in [0, 0.1) is 0 Å². The van der Waals surface area contributed by atoms with Gasteiger partial charge in [0.2, 0.25) is 5.91 Å². The van der Waals surface area contributed by atoms with Gasteiger partial charge in [0.15, 0.2) is 0 Å². The summed E-state index contributed by atoms with van der Waals surface area (Å²) >= 11 is 0. The molecule has 4 nitrogen and oxygen atoms in total. The number of anilines is 1. The Labute approximate surface area is 124 Å². The van der Waals surface area contributed by atoms with E-state index in [0.29, 0.717) is 18.2 Å². The lowest BCUT2D eigenvalue weighted by Crippen LogP contribution is -2.14. The molecule has 0 aliphatic heterocycles. The fourth-order valence-electron chi connectivity index (χ4n) is 3.10. The molecule has 1 aromatic heterocycles. The molecule has 108 valence electrons. The fourth-order valence-corrected chi connectivity index (χ4v) is 3.10. The molecule has 0 bridgehead atoms. The Bertz CT molecular complexity index is 685. The van der Waals surface area contributed by atoms with Crippen molar-refractivity contribution in [3.8, 4) is 0 Å². The van der Waals surface area contributed by atoms with Gasteiger partial charge in [-0.2, -0.15) is 5.10 Å². The zero-order valence-corrected chi connectivity index (χ0v) is 12.0. The number of hydrogen-bond donors (Lipinski definition) is 2. The Hall–Kier alpha value is -2.10. The van der Waals surface area contributed by atoms with Gasteiger partial charge in [0, 0.05) is 12.0 Å². The number of carbonyl (C=O) groups is 1. The molecule has 0 saturated heterocycles. The van der Waals surface area contributed by atoms with Crippen molar-refractivity contribution in [2.24, 2.45) is 0 Å². The number of fused-ring (bicyclic) bond motifs is 1. The van der Waals surface area contributed by atoms with E-state index in [0.717, 1.165) is 17.7 Å². The number of benzene rings is 1. The number of carbonyl (C=O) groups excluding carboxylic acids is 1. The van der Waals surface area contributed by atoms with Gasteiger partial charge in [0.25, 0.3) is 0 Å². The van der Waals surface area contributed by atoms with Crippen molar-refractivity contribution in [3.63, 3.8) is 0 Å². The molecule has 1 amide bonds. The van der Waals surface area contributed by atoms with Crippen LogP contribution in [0.15, 0.2) is 24.3 Å². The summed E-state index contributed by atoms with van der Waals surface area (Å²) in [5, 5.41) is 10.1. The molecule has 4 heteroatoms. The summed E-state index contributed by atoms with van der Waals surface area (Å²) in [7, 11) is 0. The lowest BCUT2D eigenvalue weighted by atomic mass is 10.0. The first-order valence-electron chi connectivity index (χ1n) is 7.74. The van der Waals surface area contributed by atoms with Gasteiger partial charge in [-0.15, -0.1) is 0 Å². The molecular formula is C17H19N3O. The lowest BCUT2D eigenvalue weighted by molar-refractivity contribution is -0.115. The van der Waals surface area contributed by atoms with Gasteiger partial charge >= 0.3 is 0 Å². The number of rotatable bonds is 4. The summed E-state index contributed by atoms with van der Waals surface area (Å²) in [5.41, 5.74) is 5.03. The summed E-state index contributed by atoms with van der Waals surface area (Å²) in [5.74, 6) is 1.32. The van der Waals surface area contributed by atoms with E-state index in [4.69, 9.17) is 0 Å². The van der Waals surface area contributed by atoms with Gasteiger partial charge in [0.1, 0.15) is 5.82 Å². The average molecular weight is 281 g/mol. The number of aromatic nitrogens is 2. The van der Waals surface area contributed by atoms with Crippen molar-refractivity contribution in [1.82, 2.24) is 10.2 Å². The van der Waals surface area contributed by atoms with Crippen LogP contribution in [-0.2, 0) is 24.1 Å². The Morgan fingerprint density at radius 2 is 2.10 bits per heavy atom. The van der Waals surface area contributed by atoms with E-state index in [1.165, 1.54) is 36.8 Å². The van der Waals surface area contributed by atoms with Crippen LogP contribution in [-0.4, -0.2) is 16.1 Å². The Morgan fingerprint density at radius 1 is 1.24 bits per heavy atom. The highest BCUT2D eigenvalue weighted by Gasteiger charge is 2.26. The first kappa shape index (κ1) is 12.6. The first-order valence-corrected chi connectivity index (χ1v) is 7.74. The SMILES string of the molecule is O=C(Cc1ccc2c(c1)CCC2)Nc1cc(C2CC2)n[nH]1. The average Bonchev–Trinajstić information content (AvgIpc) is 3.04. The van der Waals surface area contributed by atoms with E-state index in [2.05, 4.69) is 33.7 Å². The van der Waals surface area contributed by atoms with Gasteiger partial charge in [-0.1, -0.05) is 18.2 Å². The Morgan fingerprint density at radius 3 is 2.95 bits per heavy atom. The predicted octanol–water partition coefficient (Wildman–Crippen LogP) is 2.96. The highest BCUT2D eigenvalue weighted by atomic mass is 16.1. The number of aromatic amines is 1. The van der Waals surface area contributed by atoms with Gasteiger partial charge in [-0.25, -0.2) is 0 Å². The standard InChI is InChI=1S/C17H19N3O/c21-17(18-16-10-15(19-20-16)13-6-7-13)9-11-4-5-12-2-1-3-14(12)8-11/h4-5,8,10,13H,1-3,6-7,9H2,(H2,18,19,20,21). The van der Waals surface area contributed by atoms with Crippen molar-refractivity contribution in [3.05, 3.63) is 46.6 Å². The maximum atomic E-state index is 12.1. The molecule has 0 spiro atoms. The van der Waals surface area contributed by atoms with Crippen LogP contribution in [0.4, 0.5) is 5.82 Å². The third-order valence-corrected chi connectivity index (χ3v) is 4.39. The number of nitrogens with zero attached hydrogens (tertiary/aromatic N) is 1. The first-order chi connectivity index (χ1) is 10.3. The predicted molar refractivity (Wildman–Crippen MR) is 81.4 cm³/mol. The molecule has 2 aromatic rings. The van der Waals surface area contributed by atoms with Gasteiger partial charge in [-0.3, -0.25) is 9.89 Å². The lowest BCUT2D eigenvalue weighted by Gasteiger charge is -2.05. The highest BCUT2D eigenvalue weighted by molar-refractivity contribution is 5.91. The van der Waals surface area contributed by atoms with E-state index in [9.17, 15) is 4.79 Å². The van der Waals surface area contributed by atoms with E-state index in [1.807, 2.05) is 6.07 Å². The van der Waals surface area contributed by atoms with Crippen molar-refractivity contribution in [2.75, 3.05) is 5.32 Å². The zero-order valence-electron chi connectivity index (χ0n) is 12.0. The van der Waals surface area contributed by atoms with E-state index < -0.39 is 0 Å². The van der Waals surface area contributed by atoms with Gasteiger partial charge in [-0.05, 0) is 48.8 Å². The smallest absolute Gasteiger partial charge is 0.229 e. The van der Waals surface area contributed by atoms with Crippen molar-refractivity contribution in [1.29, 1.82) is 0 Å². The molecule has 0 radical (unpaired) electrons. The van der Waals surface area contributed by atoms with Crippen molar-refractivity contribution in [2.45, 2.75) is 44.4 Å². The second kappa shape index (κ2) is 5.02. The van der Waals surface area contributed by atoms with Crippen LogP contribution in [0.1, 0.15) is 47.6 Å². The minimum absolute atomic E-state index is 0.0129. The molecule has 21 heavy (non-hydrogen) atoms. The largest absolute Gasteiger partial charge is 0.311 e. The topological polar surface area (TPSA) is 57.8 Å². The van der Waals surface area contributed by atoms with Crippen LogP contribution in [0.3, 0.4) is 0 Å². The molecule has 0 unspecified atom stereocenters. The molecule has 2 N–H and O–H groups in total. The number of hydrogen-bond acceptors (Lipinski definition) is 2.